The highest BCUT2D eigenvalue weighted by atomic mass is 32.1. The van der Waals surface area contributed by atoms with Gasteiger partial charge in [-0.2, -0.15) is 0 Å². The molecule has 0 bridgehead atoms. The van der Waals surface area contributed by atoms with Crippen LogP contribution < -0.4 is 0 Å². The van der Waals surface area contributed by atoms with Gasteiger partial charge in [0.15, 0.2) is 0 Å². The summed E-state index contributed by atoms with van der Waals surface area (Å²) in [6, 6.07) is 2.09. The van der Waals surface area contributed by atoms with Gasteiger partial charge in [-0.05, 0) is 30.9 Å². The molecule has 7 heteroatoms. The second-order valence-corrected chi connectivity index (χ2v) is 8.05. The number of aromatic nitrogens is 1. The highest BCUT2D eigenvalue weighted by Crippen LogP contribution is 2.34. The first-order chi connectivity index (χ1) is 12.0. The van der Waals surface area contributed by atoms with Crippen LogP contribution in [0.15, 0.2) is 15.9 Å². The van der Waals surface area contributed by atoms with E-state index in [0.717, 1.165) is 54.7 Å². The van der Waals surface area contributed by atoms with Crippen LogP contribution in [0.5, 0.6) is 0 Å². The van der Waals surface area contributed by atoms with Crippen molar-refractivity contribution < 1.29 is 13.9 Å². The summed E-state index contributed by atoms with van der Waals surface area (Å²) in [5.74, 6) is 1.61. The van der Waals surface area contributed by atoms with E-state index in [0.29, 0.717) is 6.54 Å². The fourth-order valence-electron chi connectivity index (χ4n) is 3.65. The zero-order valence-electron chi connectivity index (χ0n) is 14.9. The van der Waals surface area contributed by atoms with E-state index in [-0.39, 0.29) is 11.7 Å². The number of aryl methyl sites for hydroxylation is 2. The van der Waals surface area contributed by atoms with Crippen molar-refractivity contribution in [2.24, 2.45) is 0 Å². The molecule has 2 fully saturated rings. The van der Waals surface area contributed by atoms with Crippen LogP contribution in [-0.2, 0) is 11.3 Å². The molecular formula is C18H23N3O3S. The summed E-state index contributed by atoms with van der Waals surface area (Å²) in [6.07, 6.45) is 1.55. The monoisotopic (exact) mass is 361 g/mol. The van der Waals surface area contributed by atoms with E-state index in [1.165, 1.54) is 5.56 Å². The number of piperidine rings is 1. The van der Waals surface area contributed by atoms with Crippen LogP contribution in [-0.4, -0.2) is 53.2 Å². The molecule has 25 heavy (non-hydrogen) atoms. The molecule has 4 rings (SSSR count). The van der Waals surface area contributed by atoms with Crippen molar-refractivity contribution in [2.75, 3.05) is 26.7 Å². The quantitative estimate of drug-likeness (QED) is 0.838. The number of thiophene rings is 1. The van der Waals surface area contributed by atoms with Crippen molar-refractivity contribution >= 4 is 17.4 Å². The predicted molar refractivity (Wildman–Crippen MR) is 95.6 cm³/mol. The van der Waals surface area contributed by atoms with Gasteiger partial charge in [-0.15, -0.1) is 11.3 Å². The highest BCUT2D eigenvalue weighted by molar-refractivity contribution is 7.13. The van der Waals surface area contributed by atoms with Crippen LogP contribution in [0.3, 0.4) is 0 Å². The van der Waals surface area contributed by atoms with Gasteiger partial charge >= 0.3 is 6.09 Å². The lowest BCUT2D eigenvalue weighted by Crippen LogP contribution is -2.46. The van der Waals surface area contributed by atoms with Gasteiger partial charge in [-0.25, -0.2) is 9.78 Å². The molecule has 0 saturated carbocycles. The number of ether oxygens (including phenoxy) is 1. The fourth-order valence-corrected chi connectivity index (χ4v) is 4.50. The molecule has 2 aliphatic rings. The maximum Gasteiger partial charge on any atom is 0.410 e. The average Bonchev–Trinajstić information content (AvgIpc) is 3.22. The predicted octanol–water partition coefficient (Wildman–Crippen LogP) is 3.44. The van der Waals surface area contributed by atoms with Crippen LogP contribution in [0, 0.1) is 13.8 Å². The second-order valence-electron chi connectivity index (χ2n) is 7.14. The molecule has 2 aliphatic heterocycles. The molecule has 0 aliphatic carbocycles. The second kappa shape index (κ2) is 6.14. The number of likely N-dealkylation sites (tertiary alicyclic amines) is 1. The number of hydrogen-bond donors (Lipinski definition) is 0. The zero-order chi connectivity index (χ0) is 17.6. The van der Waals surface area contributed by atoms with Gasteiger partial charge in [-0.1, -0.05) is 0 Å². The van der Waals surface area contributed by atoms with E-state index in [1.807, 2.05) is 6.92 Å². The first-order valence-electron chi connectivity index (χ1n) is 8.63. The third-order valence-corrected chi connectivity index (χ3v) is 6.23. The van der Waals surface area contributed by atoms with Crippen LogP contribution in [0.25, 0.3) is 10.8 Å². The Bertz CT molecular complexity index is 789. The van der Waals surface area contributed by atoms with Crippen LogP contribution in [0.4, 0.5) is 4.79 Å². The number of hydrogen-bond acceptors (Lipinski definition) is 6. The lowest BCUT2D eigenvalue weighted by molar-refractivity contribution is -0.00150. The molecule has 6 nitrogen and oxygen atoms in total. The Labute approximate surface area is 151 Å². The van der Waals surface area contributed by atoms with E-state index >= 15 is 0 Å². The standard InChI is InChI=1S/C18H23N3O3S/c1-12-4-9-25-15(12)16-19-14(13(2)23-16)10-21-7-5-18(6-8-21)11-20(3)17(22)24-18/h4,9H,5-8,10-11H2,1-3H3. The molecule has 1 spiro atoms. The van der Waals surface area contributed by atoms with Crippen molar-refractivity contribution in [1.82, 2.24) is 14.8 Å². The van der Waals surface area contributed by atoms with Gasteiger partial charge in [-0.3, -0.25) is 4.90 Å². The molecule has 4 heterocycles. The lowest BCUT2D eigenvalue weighted by Gasteiger charge is -2.37. The van der Waals surface area contributed by atoms with Crippen molar-refractivity contribution in [1.29, 1.82) is 0 Å². The van der Waals surface area contributed by atoms with Gasteiger partial charge in [0, 0.05) is 39.5 Å². The number of oxazole rings is 1. The first-order valence-corrected chi connectivity index (χ1v) is 9.51. The largest absolute Gasteiger partial charge is 0.441 e. The SMILES string of the molecule is Cc1ccsc1-c1nc(CN2CCC3(CC2)CN(C)C(=O)O3)c(C)o1. The number of nitrogens with zero attached hydrogens (tertiary/aromatic N) is 3. The highest BCUT2D eigenvalue weighted by Gasteiger charge is 2.45. The van der Waals surface area contributed by atoms with Gasteiger partial charge in [0.25, 0.3) is 0 Å². The van der Waals surface area contributed by atoms with Gasteiger partial charge in [0.1, 0.15) is 11.4 Å². The van der Waals surface area contributed by atoms with E-state index in [9.17, 15) is 4.79 Å². The molecular weight excluding hydrogens is 338 g/mol. The number of carbonyl (C=O) groups excluding carboxylic acids is 1. The van der Waals surface area contributed by atoms with Gasteiger partial charge in [0.05, 0.1) is 17.1 Å². The molecule has 0 radical (unpaired) electrons. The Hall–Kier alpha value is -1.86. The number of amides is 1. The first kappa shape index (κ1) is 16.6. The topological polar surface area (TPSA) is 58.8 Å². The summed E-state index contributed by atoms with van der Waals surface area (Å²) < 4.78 is 11.5. The average molecular weight is 361 g/mol. The third-order valence-electron chi connectivity index (χ3n) is 5.23. The van der Waals surface area contributed by atoms with Crippen LogP contribution in [0.2, 0.25) is 0 Å². The Morgan fingerprint density at radius 1 is 1.32 bits per heavy atom. The minimum atomic E-state index is -0.291. The minimum Gasteiger partial charge on any atom is -0.441 e. The number of likely N-dealkylation sites (N-methyl/N-ethyl adjacent to an activating group) is 1. The minimum absolute atomic E-state index is 0.197. The molecule has 2 saturated heterocycles. The van der Waals surface area contributed by atoms with E-state index in [4.69, 9.17) is 14.1 Å². The summed E-state index contributed by atoms with van der Waals surface area (Å²) in [5, 5.41) is 2.06. The van der Waals surface area contributed by atoms with E-state index in [1.54, 1.807) is 23.3 Å². The van der Waals surface area contributed by atoms with Crippen molar-refractivity contribution in [3.8, 4) is 10.8 Å². The van der Waals surface area contributed by atoms with Crippen molar-refractivity contribution in [3.05, 3.63) is 28.5 Å². The number of rotatable bonds is 3. The Balaban J connectivity index is 1.42. The zero-order valence-corrected chi connectivity index (χ0v) is 15.7. The van der Waals surface area contributed by atoms with Gasteiger partial charge in [0.2, 0.25) is 5.89 Å². The normalized spacial score (nSPS) is 20.4. The summed E-state index contributed by atoms with van der Waals surface area (Å²) in [4.78, 5) is 21.6. The summed E-state index contributed by atoms with van der Waals surface area (Å²) in [6.45, 7) is 7.34. The molecule has 0 N–H and O–H groups in total. The van der Waals surface area contributed by atoms with Crippen molar-refractivity contribution in [2.45, 2.75) is 38.8 Å². The molecule has 1 amide bonds. The Morgan fingerprint density at radius 3 is 2.68 bits per heavy atom. The lowest BCUT2D eigenvalue weighted by atomic mass is 9.91. The molecule has 2 aromatic heterocycles. The summed E-state index contributed by atoms with van der Waals surface area (Å²) >= 11 is 1.66. The molecule has 2 aromatic rings. The molecule has 0 atom stereocenters. The maximum absolute atomic E-state index is 11.7. The van der Waals surface area contributed by atoms with Crippen LogP contribution >= 0.6 is 11.3 Å². The van der Waals surface area contributed by atoms with Crippen LogP contribution in [0.1, 0.15) is 29.9 Å². The Kier molecular flexibility index (Phi) is 4.08. The maximum atomic E-state index is 11.7. The molecule has 0 aromatic carbocycles. The number of carbonyl (C=O) groups is 1. The van der Waals surface area contributed by atoms with E-state index in [2.05, 4.69) is 23.3 Å². The fraction of sp³-hybridized carbons (Fsp3) is 0.556. The van der Waals surface area contributed by atoms with Gasteiger partial charge < -0.3 is 14.1 Å². The molecule has 134 valence electrons. The van der Waals surface area contributed by atoms with E-state index < -0.39 is 0 Å². The Morgan fingerprint density at radius 2 is 2.08 bits per heavy atom. The molecule has 0 unspecified atom stereocenters. The smallest absolute Gasteiger partial charge is 0.410 e. The third kappa shape index (κ3) is 3.06. The summed E-state index contributed by atoms with van der Waals surface area (Å²) in [7, 11) is 1.80. The summed E-state index contributed by atoms with van der Waals surface area (Å²) in [5.41, 5.74) is 1.91. The van der Waals surface area contributed by atoms with Crippen molar-refractivity contribution in [3.63, 3.8) is 0 Å².